The summed E-state index contributed by atoms with van der Waals surface area (Å²) < 4.78 is 13.2. The van der Waals surface area contributed by atoms with E-state index < -0.39 is 6.29 Å². The highest BCUT2D eigenvalue weighted by atomic mass is 16.7. The molecule has 0 bridgehead atoms. The highest BCUT2D eigenvalue weighted by molar-refractivity contribution is 5.64. The van der Waals surface area contributed by atoms with E-state index >= 15 is 0 Å². The van der Waals surface area contributed by atoms with Crippen molar-refractivity contribution in [2.24, 2.45) is 5.73 Å². The molecule has 0 aliphatic carbocycles. The molecule has 0 aromatic heterocycles. The highest BCUT2D eigenvalue weighted by Gasteiger charge is 2.33. The Bertz CT molecular complexity index is 1400. The average molecular weight is 564 g/mol. The SMILES string of the molecule is NCc1cccc(-c2ccc(C3OC(CN4CCN(Cc5ccccc5)CC4)CC(c4ccc(CO)cc4)O3)cc2)c1. The zero-order valence-electron chi connectivity index (χ0n) is 24.1. The molecule has 2 saturated heterocycles. The molecule has 0 spiro atoms. The predicted molar refractivity (Wildman–Crippen MR) is 166 cm³/mol. The van der Waals surface area contributed by atoms with Crippen molar-refractivity contribution in [2.45, 2.75) is 44.6 Å². The summed E-state index contributed by atoms with van der Waals surface area (Å²) >= 11 is 0. The van der Waals surface area contributed by atoms with Gasteiger partial charge in [0.15, 0.2) is 6.29 Å². The smallest absolute Gasteiger partial charge is 0.184 e. The van der Waals surface area contributed by atoms with Gasteiger partial charge in [-0.3, -0.25) is 9.80 Å². The van der Waals surface area contributed by atoms with Gasteiger partial charge in [-0.05, 0) is 39.4 Å². The molecule has 6 nitrogen and oxygen atoms in total. The molecular weight excluding hydrogens is 522 g/mol. The summed E-state index contributed by atoms with van der Waals surface area (Å²) in [4.78, 5) is 5.07. The van der Waals surface area contributed by atoms with Crippen LogP contribution in [0, 0.1) is 0 Å². The molecule has 2 fully saturated rings. The van der Waals surface area contributed by atoms with Crippen LogP contribution in [0.3, 0.4) is 0 Å². The lowest BCUT2D eigenvalue weighted by Gasteiger charge is -2.40. The lowest BCUT2D eigenvalue weighted by molar-refractivity contribution is -0.253. The zero-order chi connectivity index (χ0) is 28.7. The number of ether oxygens (including phenoxy) is 2. The number of aliphatic hydroxyl groups excluding tert-OH is 1. The third-order valence-corrected chi connectivity index (χ3v) is 8.47. The van der Waals surface area contributed by atoms with Gasteiger partial charge in [-0.2, -0.15) is 0 Å². The maximum absolute atomic E-state index is 9.52. The van der Waals surface area contributed by atoms with Crippen LogP contribution in [-0.2, 0) is 29.2 Å². The van der Waals surface area contributed by atoms with Crippen LogP contribution >= 0.6 is 0 Å². The van der Waals surface area contributed by atoms with Crippen LogP contribution in [0.25, 0.3) is 11.1 Å². The molecule has 6 heteroatoms. The molecule has 6 rings (SSSR count). The second kappa shape index (κ2) is 13.7. The molecule has 4 aromatic carbocycles. The van der Waals surface area contributed by atoms with Crippen LogP contribution in [0.2, 0.25) is 0 Å². The highest BCUT2D eigenvalue weighted by Crippen LogP contribution is 2.38. The molecule has 42 heavy (non-hydrogen) atoms. The molecule has 0 radical (unpaired) electrons. The molecule has 4 aromatic rings. The first-order chi connectivity index (χ1) is 20.7. The van der Waals surface area contributed by atoms with Crippen molar-refractivity contribution < 1.29 is 14.6 Å². The third-order valence-electron chi connectivity index (χ3n) is 8.47. The Labute approximate surface area is 249 Å². The molecular formula is C36H41N3O3. The van der Waals surface area contributed by atoms with Crippen LogP contribution in [0.15, 0.2) is 103 Å². The number of nitrogens with zero attached hydrogens (tertiary/aromatic N) is 2. The van der Waals surface area contributed by atoms with Crippen LogP contribution in [0.5, 0.6) is 0 Å². The van der Waals surface area contributed by atoms with E-state index in [2.05, 4.69) is 101 Å². The van der Waals surface area contributed by atoms with Gasteiger partial charge in [0.05, 0.1) is 18.8 Å². The lowest BCUT2D eigenvalue weighted by atomic mass is 9.99. The molecule has 3 unspecified atom stereocenters. The third kappa shape index (κ3) is 7.16. The van der Waals surface area contributed by atoms with Crippen LogP contribution in [-0.4, -0.2) is 53.7 Å². The Morgan fingerprint density at radius 1 is 0.667 bits per heavy atom. The van der Waals surface area contributed by atoms with E-state index in [-0.39, 0.29) is 18.8 Å². The topological polar surface area (TPSA) is 71.2 Å². The van der Waals surface area contributed by atoms with E-state index in [1.165, 1.54) is 5.56 Å². The number of aliphatic hydroxyl groups is 1. The van der Waals surface area contributed by atoms with Crippen LogP contribution in [0.1, 0.15) is 46.6 Å². The van der Waals surface area contributed by atoms with Crippen molar-refractivity contribution in [1.29, 1.82) is 0 Å². The second-order valence-corrected chi connectivity index (χ2v) is 11.4. The molecule has 3 atom stereocenters. The number of benzene rings is 4. The van der Waals surface area contributed by atoms with E-state index in [4.69, 9.17) is 15.2 Å². The van der Waals surface area contributed by atoms with Crippen molar-refractivity contribution in [2.75, 3.05) is 32.7 Å². The van der Waals surface area contributed by atoms with Gasteiger partial charge in [-0.25, -0.2) is 0 Å². The summed E-state index contributed by atoms with van der Waals surface area (Å²) in [6.45, 7) is 6.63. The minimum atomic E-state index is -0.449. The summed E-state index contributed by atoms with van der Waals surface area (Å²) in [5.74, 6) is 0. The maximum atomic E-state index is 9.52. The predicted octanol–water partition coefficient (Wildman–Crippen LogP) is 5.67. The summed E-state index contributed by atoms with van der Waals surface area (Å²) in [6.07, 6.45) is 0.313. The summed E-state index contributed by atoms with van der Waals surface area (Å²) in [6, 6.07) is 35.7. The standard InChI is InChI=1S/C36H41N3O3/c37-23-29-7-4-8-33(21-29)30-13-15-32(16-14-30)36-41-34(22-35(42-36)31-11-9-28(26-40)10-12-31)25-39-19-17-38(18-20-39)24-27-5-2-1-3-6-27/h1-16,21,34-36,40H,17-20,22-26,37H2. The van der Waals surface area contributed by atoms with Crippen LogP contribution < -0.4 is 5.73 Å². The van der Waals surface area contributed by atoms with Gasteiger partial charge < -0.3 is 20.3 Å². The lowest BCUT2D eigenvalue weighted by Crippen LogP contribution is -2.49. The number of hydrogen-bond donors (Lipinski definition) is 2. The molecule has 2 heterocycles. The molecule has 3 N–H and O–H groups in total. The van der Waals surface area contributed by atoms with E-state index in [0.717, 1.165) is 79.1 Å². The summed E-state index contributed by atoms with van der Waals surface area (Å²) in [7, 11) is 0. The fourth-order valence-corrected chi connectivity index (χ4v) is 6.00. The number of rotatable bonds is 9. The largest absolute Gasteiger partial charge is 0.392 e. The van der Waals surface area contributed by atoms with Gasteiger partial charge >= 0.3 is 0 Å². The van der Waals surface area contributed by atoms with Gasteiger partial charge in [0.25, 0.3) is 0 Å². The molecule has 0 saturated carbocycles. The zero-order valence-corrected chi connectivity index (χ0v) is 24.1. The molecule has 2 aliphatic rings. The van der Waals surface area contributed by atoms with Gasteiger partial charge in [0, 0.05) is 57.8 Å². The van der Waals surface area contributed by atoms with Crippen molar-refractivity contribution in [3.05, 3.63) is 131 Å². The van der Waals surface area contributed by atoms with Gasteiger partial charge in [0.1, 0.15) is 0 Å². The minimum Gasteiger partial charge on any atom is -0.392 e. The quantitative estimate of drug-likeness (QED) is 0.274. The Morgan fingerprint density at radius 3 is 2.07 bits per heavy atom. The van der Waals surface area contributed by atoms with E-state index in [1.807, 2.05) is 12.1 Å². The number of nitrogens with two attached hydrogens (primary N) is 1. The van der Waals surface area contributed by atoms with E-state index in [0.29, 0.717) is 6.54 Å². The molecule has 0 amide bonds. The Kier molecular flexibility index (Phi) is 9.41. The Hall–Kier alpha value is -3.36. The van der Waals surface area contributed by atoms with E-state index in [1.54, 1.807) is 0 Å². The Morgan fingerprint density at radius 2 is 1.36 bits per heavy atom. The maximum Gasteiger partial charge on any atom is 0.184 e. The first kappa shape index (κ1) is 28.7. The average Bonchev–Trinajstić information content (AvgIpc) is 3.06. The monoisotopic (exact) mass is 563 g/mol. The summed E-state index contributed by atoms with van der Waals surface area (Å²) in [5, 5.41) is 9.52. The summed E-state index contributed by atoms with van der Waals surface area (Å²) in [5.41, 5.74) is 13.7. The normalized spacial score (nSPS) is 21.8. The molecule has 2 aliphatic heterocycles. The number of piperazine rings is 1. The fourth-order valence-electron chi connectivity index (χ4n) is 6.00. The first-order valence-corrected chi connectivity index (χ1v) is 15.1. The fraction of sp³-hybridized carbons (Fsp3) is 0.333. The van der Waals surface area contributed by atoms with Crippen molar-refractivity contribution in [3.63, 3.8) is 0 Å². The van der Waals surface area contributed by atoms with E-state index in [9.17, 15) is 5.11 Å². The van der Waals surface area contributed by atoms with Crippen molar-refractivity contribution in [1.82, 2.24) is 9.80 Å². The Balaban J connectivity index is 1.14. The van der Waals surface area contributed by atoms with Crippen molar-refractivity contribution in [3.8, 4) is 11.1 Å². The minimum absolute atomic E-state index is 0.0386. The van der Waals surface area contributed by atoms with Crippen LogP contribution in [0.4, 0.5) is 0 Å². The van der Waals surface area contributed by atoms with Gasteiger partial charge in [0.2, 0.25) is 0 Å². The van der Waals surface area contributed by atoms with Crippen molar-refractivity contribution >= 4 is 0 Å². The van der Waals surface area contributed by atoms with Gasteiger partial charge in [-0.15, -0.1) is 0 Å². The second-order valence-electron chi connectivity index (χ2n) is 11.4. The van der Waals surface area contributed by atoms with Gasteiger partial charge in [-0.1, -0.05) is 97.1 Å². The first-order valence-electron chi connectivity index (χ1n) is 15.1. The number of hydrogen-bond acceptors (Lipinski definition) is 6. The molecule has 218 valence electrons.